The van der Waals surface area contributed by atoms with Crippen molar-refractivity contribution in [1.29, 1.82) is 0 Å². The molecular formula is C18H21HgNaO4S2. The number of benzene rings is 2. The Balaban J connectivity index is 0. The van der Waals surface area contributed by atoms with Gasteiger partial charge in [-0.05, 0) is 35.8 Å². The van der Waals surface area contributed by atoms with Crippen LogP contribution in [0.5, 0.6) is 0 Å². The molecule has 0 saturated heterocycles. The summed E-state index contributed by atoms with van der Waals surface area (Å²) in [6.07, 6.45) is 0. The third kappa shape index (κ3) is 9.81. The molecule has 8 heteroatoms. The van der Waals surface area contributed by atoms with E-state index in [9.17, 15) is 9.59 Å². The molecule has 4 nitrogen and oxygen atoms in total. The van der Waals surface area contributed by atoms with E-state index in [0.29, 0.717) is 11.1 Å². The Hall–Kier alpha value is 0.0151. The maximum atomic E-state index is 10.7. The normalized spacial score (nSPS) is 9.00. The van der Waals surface area contributed by atoms with Crippen molar-refractivity contribution in [3.8, 4) is 0 Å². The van der Waals surface area contributed by atoms with Gasteiger partial charge in [-0.3, -0.25) is 0 Å². The molecule has 0 aliphatic heterocycles. The second kappa shape index (κ2) is 16.0. The number of hydrogen-bond acceptors (Lipinski definition) is 4. The predicted molar refractivity (Wildman–Crippen MR) is 107 cm³/mol. The van der Waals surface area contributed by atoms with Crippen LogP contribution >= 0.6 is 23.5 Å². The fourth-order valence-corrected chi connectivity index (χ4v) is 3.44. The second-order valence-electron chi connectivity index (χ2n) is 4.47. The Morgan fingerprint density at radius 2 is 1.08 bits per heavy atom. The van der Waals surface area contributed by atoms with E-state index in [1.165, 1.54) is 0 Å². The molecule has 2 N–H and O–H groups in total. The van der Waals surface area contributed by atoms with E-state index < -0.39 is 11.9 Å². The average Bonchev–Trinajstić information content (AvgIpc) is 2.57. The van der Waals surface area contributed by atoms with Gasteiger partial charge in [0.15, 0.2) is 0 Å². The summed E-state index contributed by atoms with van der Waals surface area (Å²) in [5.74, 6) is 0.0762. The molecule has 2 aromatic carbocycles. The molecule has 0 spiro atoms. The van der Waals surface area contributed by atoms with Crippen LogP contribution in [0.25, 0.3) is 0 Å². The molecule has 2 aromatic rings. The van der Waals surface area contributed by atoms with E-state index in [0.717, 1.165) is 21.3 Å². The molecule has 0 heterocycles. The predicted octanol–water partition coefficient (Wildman–Crippen LogP) is 4.34. The number of carboxylic acid groups (broad SMARTS) is 2. The molecule has 0 amide bonds. The first-order valence-corrected chi connectivity index (χ1v) is 9.38. The van der Waals surface area contributed by atoms with Gasteiger partial charge >= 0.3 is 41.5 Å². The van der Waals surface area contributed by atoms with E-state index in [1.54, 1.807) is 47.8 Å². The maximum absolute atomic E-state index is 10.7. The number of carbonyl (C=O) groups is 2. The van der Waals surface area contributed by atoms with Crippen molar-refractivity contribution < 1.29 is 47.5 Å². The van der Waals surface area contributed by atoms with Crippen LogP contribution in [0, 0.1) is 0 Å². The van der Waals surface area contributed by atoms with E-state index in [4.69, 9.17) is 10.2 Å². The van der Waals surface area contributed by atoms with Gasteiger partial charge in [-0.2, -0.15) is 0 Å². The van der Waals surface area contributed by atoms with Gasteiger partial charge in [0.05, 0.1) is 11.1 Å². The molecule has 0 saturated carbocycles. The summed E-state index contributed by atoms with van der Waals surface area (Å²) in [6, 6.07) is 14.1. The van der Waals surface area contributed by atoms with Crippen molar-refractivity contribution in [2.45, 2.75) is 23.6 Å². The first kappa shape index (κ1) is 28.2. The minimum atomic E-state index is -0.855. The number of carboxylic acids is 2. The Bertz CT molecular complexity index is 639. The van der Waals surface area contributed by atoms with E-state index in [1.807, 2.05) is 38.1 Å². The number of thioether (sulfide) groups is 2. The van der Waals surface area contributed by atoms with Crippen molar-refractivity contribution >= 4 is 65.0 Å². The number of rotatable bonds is 6. The van der Waals surface area contributed by atoms with Crippen LogP contribution < -0.4 is 0 Å². The Morgan fingerprint density at radius 1 is 0.769 bits per heavy atom. The molecule has 132 valence electrons. The summed E-state index contributed by atoms with van der Waals surface area (Å²) >= 11 is 3.10. The van der Waals surface area contributed by atoms with Crippen molar-refractivity contribution in [3.63, 3.8) is 0 Å². The molecule has 0 atom stereocenters. The van der Waals surface area contributed by atoms with Crippen LogP contribution in [-0.2, 0) is 27.7 Å². The van der Waals surface area contributed by atoms with Gasteiger partial charge in [0.2, 0.25) is 0 Å². The van der Waals surface area contributed by atoms with Crippen LogP contribution in [-0.4, -0.2) is 63.2 Å². The minimum absolute atomic E-state index is 0. The van der Waals surface area contributed by atoms with Gasteiger partial charge in [0.1, 0.15) is 0 Å². The third-order valence-corrected chi connectivity index (χ3v) is 4.75. The molecule has 0 aromatic heterocycles. The topological polar surface area (TPSA) is 74.6 Å². The van der Waals surface area contributed by atoms with Crippen molar-refractivity contribution in [3.05, 3.63) is 59.7 Å². The standard InChI is InChI=1S/2C9H10O2S.Hg.Na.H/c2*1-2-12-8-6-4-3-5-7(8)9(10)11;;;/h2*3-6H,2H2,1H3,(H,10,11);;;. The number of hydrogen-bond donors (Lipinski definition) is 2. The molecule has 0 bridgehead atoms. The third-order valence-electron chi connectivity index (χ3n) is 2.83. The van der Waals surface area contributed by atoms with E-state index in [-0.39, 0.29) is 57.2 Å². The first-order valence-electron chi connectivity index (χ1n) is 7.41. The summed E-state index contributed by atoms with van der Waals surface area (Å²) in [5.41, 5.74) is 0.786. The summed E-state index contributed by atoms with van der Waals surface area (Å²) in [6.45, 7) is 4.01. The molecular weight excluding hydrogens is 568 g/mol. The quantitative estimate of drug-likeness (QED) is 0.386. The van der Waals surface area contributed by atoms with E-state index >= 15 is 0 Å². The molecule has 26 heavy (non-hydrogen) atoms. The van der Waals surface area contributed by atoms with E-state index in [2.05, 4.69) is 0 Å². The van der Waals surface area contributed by atoms with Crippen LogP contribution in [0.4, 0.5) is 0 Å². The summed E-state index contributed by atoms with van der Waals surface area (Å²) in [5, 5.41) is 17.6. The molecule has 0 fully saturated rings. The van der Waals surface area contributed by atoms with Gasteiger partial charge in [-0.1, -0.05) is 38.1 Å². The SMILES string of the molecule is CCSc1ccccc1C(=O)O.CCSc1ccccc1C(=O)O.[Hg].[NaH]. The van der Waals surface area contributed by atoms with Gasteiger partial charge in [0.25, 0.3) is 0 Å². The molecule has 0 aliphatic rings. The summed E-state index contributed by atoms with van der Waals surface area (Å²) in [7, 11) is 0. The van der Waals surface area contributed by atoms with Gasteiger partial charge < -0.3 is 10.2 Å². The first-order chi connectivity index (χ1) is 11.5. The van der Waals surface area contributed by atoms with Gasteiger partial charge in [0, 0.05) is 37.5 Å². The Kier molecular flexibility index (Phi) is 17.4. The second-order valence-corrected chi connectivity index (χ2v) is 7.08. The van der Waals surface area contributed by atoms with Crippen LogP contribution in [0.2, 0.25) is 0 Å². The van der Waals surface area contributed by atoms with Crippen molar-refractivity contribution in [2.75, 3.05) is 11.5 Å². The summed E-state index contributed by atoms with van der Waals surface area (Å²) in [4.78, 5) is 23.0. The average molecular weight is 589 g/mol. The van der Waals surface area contributed by atoms with Crippen LogP contribution in [0.3, 0.4) is 0 Å². The fourth-order valence-electron chi connectivity index (χ4n) is 1.85. The Morgan fingerprint density at radius 3 is 1.35 bits per heavy atom. The van der Waals surface area contributed by atoms with Gasteiger partial charge in [-0.15, -0.1) is 23.5 Å². The monoisotopic (exact) mass is 590 g/mol. The Labute approximate surface area is 205 Å². The van der Waals surface area contributed by atoms with Crippen molar-refractivity contribution in [1.82, 2.24) is 0 Å². The summed E-state index contributed by atoms with van der Waals surface area (Å²) < 4.78 is 0. The molecule has 0 radical (unpaired) electrons. The number of aromatic carboxylic acids is 2. The zero-order valence-electron chi connectivity index (χ0n) is 14.3. The van der Waals surface area contributed by atoms with Crippen LogP contribution in [0.1, 0.15) is 34.6 Å². The van der Waals surface area contributed by atoms with Gasteiger partial charge in [-0.25, -0.2) is 9.59 Å². The van der Waals surface area contributed by atoms with Crippen molar-refractivity contribution in [2.24, 2.45) is 0 Å². The van der Waals surface area contributed by atoms with Crippen LogP contribution in [0.15, 0.2) is 58.3 Å². The molecule has 0 unspecified atom stereocenters. The zero-order valence-corrected chi connectivity index (χ0v) is 21.4. The fraction of sp³-hybridized carbons (Fsp3) is 0.222. The molecule has 2 rings (SSSR count). The zero-order chi connectivity index (χ0) is 17.9. The molecule has 0 aliphatic carbocycles.